The zero-order valence-electron chi connectivity index (χ0n) is 13.5. The molecule has 1 aromatic carbocycles. The van der Waals surface area contributed by atoms with Crippen molar-refractivity contribution in [3.05, 3.63) is 54.0 Å². The standard InChI is InChI=1S/C18H23N3OS/c1-2-15-5-7-16(8-6-15)19-18(23)21-11-9-20(10-12-21)14-17-4-3-13-22-17/h3-8,13H,2,9-12,14H2,1H3,(H,19,23). The quantitative estimate of drug-likeness (QED) is 0.870. The molecule has 0 radical (unpaired) electrons. The van der Waals surface area contributed by atoms with Crippen molar-refractivity contribution in [2.24, 2.45) is 0 Å². The molecule has 0 amide bonds. The van der Waals surface area contributed by atoms with E-state index < -0.39 is 0 Å². The summed E-state index contributed by atoms with van der Waals surface area (Å²) in [6, 6.07) is 12.4. The second-order valence-corrected chi connectivity index (χ2v) is 6.21. The van der Waals surface area contributed by atoms with E-state index in [0.717, 1.165) is 55.7 Å². The van der Waals surface area contributed by atoms with E-state index in [1.165, 1.54) is 5.56 Å². The minimum absolute atomic E-state index is 0.812. The summed E-state index contributed by atoms with van der Waals surface area (Å²) < 4.78 is 5.41. The molecule has 5 heteroatoms. The lowest BCUT2D eigenvalue weighted by Crippen LogP contribution is -2.49. The molecule has 3 rings (SSSR count). The van der Waals surface area contributed by atoms with Gasteiger partial charge in [0.1, 0.15) is 5.76 Å². The third-order valence-electron chi connectivity index (χ3n) is 4.23. The number of rotatable bonds is 4. The van der Waals surface area contributed by atoms with Gasteiger partial charge < -0.3 is 14.6 Å². The van der Waals surface area contributed by atoms with Crippen molar-refractivity contribution in [3.63, 3.8) is 0 Å². The monoisotopic (exact) mass is 329 g/mol. The summed E-state index contributed by atoms with van der Waals surface area (Å²) in [5.74, 6) is 1.02. The zero-order chi connectivity index (χ0) is 16.1. The third kappa shape index (κ3) is 4.33. The average molecular weight is 329 g/mol. The van der Waals surface area contributed by atoms with Crippen LogP contribution in [0.5, 0.6) is 0 Å². The van der Waals surface area contributed by atoms with Gasteiger partial charge in [-0.15, -0.1) is 0 Å². The van der Waals surface area contributed by atoms with Gasteiger partial charge in [-0.3, -0.25) is 4.90 Å². The molecule has 1 saturated heterocycles. The van der Waals surface area contributed by atoms with Crippen molar-refractivity contribution in [2.45, 2.75) is 19.9 Å². The van der Waals surface area contributed by atoms with E-state index in [2.05, 4.69) is 46.3 Å². The molecule has 0 bridgehead atoms. The molecule has 1 aliphatic rings. The molecule has 122 valence electrons. The van der Waals surface area contributed by atoms with Crippen LogP contribution < -0.4 is 5.32 Å². The molecular weight excluding hydrogens is 306 g/mol. The summed E-state index contributed by atoms with van der Waals surface area (Å²) in [6.07, 6.45) is 2.79. The first-order valence-corrected chi connectivity index (χ1v) is 8.55. The fourth-order valence-corrected chi connectivity index (χ4v) is 3.06. The van der Waals surface area contributed by atoms with Crippen molar-refractivity contribution in [1.82, 2.24) is 9.80 Å². The van der Waals surface area contributed by atoms with Crippen LogP contribution in [0.3, 0.4) is 0 Å². The van der Waals surface area contributed by atoms with Crippen LogP contribution in [0.4, 0.5) is 5.69 Å². The van der Waals surface area contributed by atoms with E-state index in [4.69, 9.17) is 16.6 Å². The summed E-state index contributed by atoms with van der Waals surface area (Å²) in [5, 5.41) is 4.16. The molecule has 4 nitrogen and oxygen atoms in total. The van der Waals surface area contributed by atoms with Crippen LogP contribution in [-0.2, 0) is 13.0 Å². The maximum Gasteiger partial charge on any atom is 0.173 e. The van der Waals surface area contributed by atoms with Crippen molar-refractivity contribution in [2.75, 3.05) is 31.5 Å². The van der Waals surface area contributed by atoms with Gasteiger partial charge in [-0.25, -0.2) is 0 Å². The van der Waals surface area contributed by atoms with Crippen molar-refractivity contribution in [3.8, 4) is 0 Å². The molecule has 2 aromatic rings. The van der Waals surface area contributed by atoms with Crippen LogP contribution in [0.2, 0.25) is 0 Å². The number of hydrogen-bond acceptors (Lipinski definition) is 3. The molecule has 0 unspecified atom stereocenters. The highest BCUT2D eigenvalue weighted by Gasteiger charge is 2.19. The van der Waals surface area contributed by atoms with Crippen molar-refractivity contribution < 1.29 is 4.42 Å². The molecule has 23 heavy (non-hydrogen) atoms. The molecule has 1 aromatic heterocycles. The van der Waals surface area contributed by atoms with E-state index in [0.29, 0.717) is 0 Å². The first kappa shape index (κ1) is 16.0. The lowest BCUT2D eigenvalue weighted by atomic mass is 10.1. The summed E-state index contributed by atoms with van der Waals surface area (Å²) in [7, 11) is 0. The highest BCUT2D eigenvalue weighted by molar-refractivity contribution is 7.80. The number of furan rings is 1. The molecule has 1 N–H and O–H groups in total. The first-order valence-electron chi connectivity index (χ1n) is 8.14. The predicted octanol–water partition coefficient (Wildman–Crippen LogP) is 3.36. The largest absolute Gasteiger partial charge is 0.468 e. The van der Waals surface area contributed by atoms with Gasteiger partial charge in [-0.1, -0.05) is 19.1 Å². The Morgan fingerprint density at radius 3 is 2.48 bits per heavy atom. The molecule has 0 aliphatic carbocycles. The fourth-order valence-electron chi connectivity index (χ4n) is 2.76. The molecule has 0 saturated carbocycles. The van der Waals surface area contributed by atoms with E-state index in [1.54, 1.807) is 6.26 Å². The van der Waals surface area contributed by atoms with E-state index in [1.807, 2.05) is 12.1 Å². The Labute approximate surface area is 143 Å². The Hall–Kier alpha value is -1.85. The Morgan fingerprint density at radius 1 is 1.13 bits per heavy atom. The van der Waals surface area contributed by atoms with Crippen LogP contribution >= 0.6 is 12.2 Å². The fraction of sp³-hybridized carbons (Fsp3) is 0.389. The smallest absolute Gasteiger partial charge is 0.173 e. The normalized spacial score (nSPS) is 15.6. The summed E-state index contributed by atoms with van der Waals surface area (Å²) in [6.45, 7) is 6.92. The van der Waals surface area contributed by atoms with Crippen molar-refractivity contribution >= 4 is 23.0 Å². The Bertz CT molecular complexity index is 616. The number of anilines is 1. The highest BCUT2D eigenvalue weighted by Crippen LogP contribution is 2.13. The predicted molar refractivity (Wildman–Crippen MR) is 97.6 cm³/mol. The van der Waals surface area contributed by atoms with Crippen LogP contribution in [0.25, 0.3) is 0 Å². The molecule has 2 heterocycles. The van der Waals surface area contributed by atoms with E-state index in [9.17, 15) is 0 Å². The maximum atomic E-state index is 5.55. The third-order valence-corrected chi connectivity index (χ3v) is 4.59. The van der Waals surface area contributed by atoms with Gasteiger partial charge in [0.15, 0.2) is 5.11 Å². The molecule has 1 aliphatic heterocycles. The SMILES string of the molecule is CCc1ccc(NC(=S)N2CCN(Cc3ccco3)CC2)cc1. The van der Waals surface area contributed by atoms with Gasteiger partial charge in [0.2, 0.25) is 0 Å². The van der Waals surface area contributed by atoms with Gasteiger partial charge in [0.25, 0.3) is 0 Å². The summed E-state index contributed by atoms with van der Waals surface area (Å²) in [4.78, 5) is 4.63. The molecule has 0 spiro atoms. The number of hydrogen-bond donors (Lipinski definition) is 1. The van der Waals surface area contributed by atoms with Crippen LogP contribution in [-0.4, -0.2) is 41.1 Å². The van der Waals surface area contributed by atoms with Gasteiger partial charge >= 0.3 is 0 Å². The number of aryl methyl sites for hydroxylation is 1. The first-order chi connectivity index (χ1) is 11.2. The van der Waals surface area contributed by atoms with Crippen LogP contribution in [0.1, 0.15) is 18.2 Å². The highest BCUT2D eigenvalue weighted by atomic mass is 32.1. The van der Waals surface area contributed by atoms with Gasteiger partial charge in [0, 0.05) is 31.9 Å². The Balaban J connectivity index is 1.47. The number of benzene rings is 1. The summed E-state index contributed by atoms with van der Waals surface area (Å²) in [5.41, 5.74) is 2.40. The number of nitrogens with zero attached hydrogens (tertiary/aromatic N) is 2. The molecule has 0 atom stereocenters. The molecule has 1 fully saturated rings. The van der Waals surface area contributed by atoms with Gasteiger partial charge in [-0.2, -0.15) is 0 Å². The summed E-state index contributed by atoms with van der Waals surface area (Å²) >= 11 is 5.55. The van der Waals surface area contributed by atoms with Gasteiger partial charge in [0.05, 0.1) is 12.8 Å². The van der Waals surface area contributed by atoms with E-state index >= 15 is 0 Å². The Morgan fingerprint density at radius 2 is 1.87 bits per heavy atom. The second-order valence-electron chi connectivity index (χ2n) is 5.82. The Kier molecular flexibility index (Phi) is 5.31. The number of piperazine rings is 1. The molecular formula is C18H23N3OS. The van der Waals surface area contributed by atoms with E-state index in [-0.39, 0.29) is 0 Å². The lowest BCUT2D eigenvalue weighted by molar-refractivity contribution is 0.166. The van der Waals surface area contributed by atoms with Crippen LogP contribution in [0.15, 0.2) is 47.1 Å². The van der Waals surface area contributed by atoms with Crippen LogP contribution in [0, 0.1) is 0 Å². The minimum Gasteiger partial charge on any atom is -0.468 e. The number of thiocarbonyl (C=S) groups is 1. The lowest BCUT2D eigenvalue weighted by Gasteiger charge is -2.35. The zero-order valence-corrected chi connectivity index (χ0v) is 14.3. The number of nitrogens with one attached hydrogen (secondary N) is 1. The van der Waals surface area contributed by atoms with Crippen molar-refractivity contribution in [1.29, 1.82) is 0 Å². The average Bonchev–Trinajstić information content (AvgIpc) is 3.09. The second kappa shape index (κ2) is 7.62. The van der Waals surface area contributed by atoms with Gasteiger partial charge in [-0.05, 0) is 48.5 Å². The maximum absolute atomic E-state index is 5.55. The topological polar surface area (TPSA) is 31.6 Å². The minimum atomic E-state index is 0.812.